The van der Waals surface area contributed by atoms with Gasteiger partial charge in [-0.1, -0.05) is 23.7 Å². The van der Waals surface area contributed by atoms with Crippen molar-refractivity contribution in [3.8, 4) is 11.3 Å². The van der Waals surface area contributed by atoms with Crippen molar-refractivity contribution in [3.63, 3.8) is 0 Å². The largest absolute Gasteiger partial charge is 0.352 e. The molecule has 0 atom stereocenters. The number of imidazole rings is 1. The number of benzene rings is 2. The lowest BCUT2D eigenvalue weighted by atomic mass is 10.1. The average molecular weight is 435 g/mol. The standard InChI is InChI=1S/C23H23ClN6O/c1-15-13-18(7-8-19(15)23(31)27-10-2-9-25)29-21-22-28-14-20(30(22)12-11-26-21)16-3-5-17(24)6-4-16/h3-8,11-14H,2,9-10,25H2,1H3,(H,26,29)(H,27,31). The highest BCUT2D eigenvalue weighted by atomic mass is 35.5. The van der Waals surface area contributed by atoms with Crippen molar-refractivity contribution in [2.75, 3.05) is 18.4 Å². The first-order valence-corrected chi connectivity index (χ1v) is 10.4. The molecule has 31 heavy (non-hydrogen) atoms. The lowest BCUT2D eigenvalue weighted by Gasteiger charge is -2.11. The van der Waals surface area contributed by atoms with Crippen LogP contribution >= 0.6 is 11.6 Å². The van der Waals surface area contributed by atoms with Crippen LogP contribution in [0.25, 0.3) is 16.9 Å². The molecule has 0 aliphatic carbocycles. The molecular formula is C23H23ClN6O. The molecule has 7 nitrogen and oxygen atoms in total. The zero-order chi connectivity index (χ0) is 21.8. The van der Waals surface area contributed by atoms with Crippen LogP contribution in [0.3, 0.4) is 0 Å². The topological polar surface area (TPSA) is 97.3 Å². The fraction of sp³-hybridized carbons (Fsp3) is 0.174. The molecule has 0 saturated heterocycles. The summed E-state index contributed by atoms with van der Waals surface area (Å²) in [4.78, 5) is 21.3. The van der Waals surface area contributed by atoms with Gasteiger partial charge in [-0.25, -0.2) is 9.97 Å². The zero-order valence-corrected chi connectivity index (χ0v) is 17.9. The van der Waals surface area contributed by atoms with Crippen molar-refractivity contribution in [2.24, 2.45) is 5.73 Å². The average Bonchev–Trinajstić information content (AvgIpc) is 3.20. The molecule has 4 aromatic rings. The highest BCUT2D eigenvalue weighted by Crippen LogP contribution is 2.26. The third kappa shape index (κ3) is 4.52. The Morgan fingerprint density at radius 3 is 2.71 bits per heavy atom. The van der Waals surface area contributed by atoms with Crippen LogP contribution in [0, 0.1) is 6.92 Å². The van der Waals surface area contributed by atoms with E-state index in [0.29, 0.717) is 35.1 Å². The number of anilines is 2. The number of nitrogens with two attached hydrogens (primary N) is 1. The van der Waals surface area contributed by atoms with Gasteiger partial charge in [-0.2, -0.15) is 0 Å². The molecule has 0 fully saturated rings. The first-order chi connectivity index (χ1) is 15.1. The van der Waals surface area contributed by atoms with Crippen LogP contribution in [0.5, 0.6) is 0 Å². The number of nitrogens with one attached hydrogen (secondary N) is 2. The Morgan fingerprint density at radius 2 is 1.97 bits per heavy atom. The SMILES string of the molecule is Cc1cc(Nc2nccn3c(-c4ccc(Cl)cc4)cnc23)ccc1C(=O)NCCCN. The Morgan fingerprint density at radius 1 is 1.16 bits per heavy atom. The number of carbonyl (C=O) groups is 1. The predicted octanol–water partition coefficient (Wildman–Crippen LogP) is 4.18. The van der Waals surface area contributed by atoms with E-state index in [2.05, 4.69) is 20.6 Å². The summed E-state index contributed by atoms with van der Waals surface area (Å²) in [5.74, 6) is 0.529. The molecule has 0 saturated carbocycles. The number of hydrogen-bond donors (Lipinski definition) is 3. The van der Waals surface area contributed by atoms with Gasteiger partial charge in [0.25, 0.3) is 5.91 Å². The van der Waals surface area contributed by atoms with Crippen molar-refractivity contribution in [2.45, 2.75) is 13.3 Å². The summed E-state index contributed by atoms with van der Waals surface area (Å²) in [6.45, 7) is 3.02. The highest BCUT2D eigenvalue weighted by molar-refractivity contribution is 6.30. The number of halogens is 1. The highest BCUT2D eigenvalue weighted by Gasteiger charge is 2.13. The Bertz CT molecular complexity index is 1220. The summed E-state index contributed by atoms with van der Waals surface area (Å²) in [5, 5.41) is 6.89. The maximum absolute atomic E-state index is 12.3. The number of amides is 1. The quantitative estimate of drug-likeness (QED) is 0.379. The molecule has 2 aromatic heterocycles. The van der Waals surface area contributed by atoms with E-state index in [9.17, 15) is 4.79 Å². The molecule has 8 heteroatoms. The van der Waals surface area contributed by atoms with Crippen LogP contribution < -0.4 is 16.4 Å². The third-order valence-electron chi connectivity index (χ3n) is 4.97. The second kappa shape index (κ2) is 9.16. The smallest absolute Gasteiger partial charge is 0.251 e. The number of aromatic nitrogens is 3. The molecule has 4 N–H and O–H groups in total. The molecule has 0 bridgehead atoms. The predicted molar refractivity (Wildman–Crippen MR) is 124 cm³/mol. The van der Waals surface area contributed by atoms with Crippen LogP contribution in [-0.4, -0.2) is 33.4 Å². The first kappa shape index (κ1) is 20.8. The monoisotopic (exact) mass is 434 g/mol. The van der Waals surface area contributed by atoms with E-state index in [1.165, 1.54) is 0 Å². The van der Waals surface area contributed by atoms with Crippen LogP contribution in [-0.2, 0) is 0 Å². The summed E-state index contributed by atoms with van der Waals surface area (Å²) in [5.41, 5.74) is 10.5. The zero-order valence-electron chi connectivity index (χ0n) is 17.1. The molecule has 1 amide bonds. The molecule has 2 heterocycles. The van der Waals surface area contributed by atoms with Gasteiger partial charge in [0.2, 0.25) is 0 Å². The molecule has 0 aliphatic heterocycles. The second-order valence-electron chi connectivity index (χ2n) is 7.17. The molecular weight excluding hydrogens is 412 g/mol. The number of rotatable bonds is 7. The maximum Gasteiger partial charge on any atom is 0.251 e. The van der Waals surface area contributed by atoms with Gasteiger partial charge in [0.05, 0.1) is 11.9 Å². The second-order valence-corrected chi connectivity index (χ2v) is 7.61. The molecule has 0 unspecified atom stereocenters. The Balaban J connectivity index is 1.58. The van der Waals surface area contributed by atoms with Crippen LogP contribution in [0.4, 0.5) is 11.5 Å². The fourth-order valence-electron chi connectivity index (χ4n) is 3.37. The van der Waals surface area contributed by atoms with E-state index in [-0.39, 0.29) is 5.91 Å². The summed E-state index contributed by atoms with van der Waals surface area (Å²) in [6.07, 6.45) is 6.16. The molecule has 0 spiro atoms. The van der Waals surface area contributed by atoms with Crippen LogP contribution in [0.2, 0.25) is 5.02 Å². The summed E-state index contributed by atoms with van der Waals surface area (Å²) in [6, 6.07) is 13.2. The fourth-order valence-corrected chi connectivity index (χ4v) is 3.50. The van der Waals surface area contributed by atoms with E-state index >= 15 is 0 Å². The minimum atomic E-state index is -0.0985. The normalized spacial score (nSPS) is 10.9. The molecule has 2 aromatic carbocycles. The summed E-state index contributed by atoms with van der Waals surface area (Å²) >= 11 is 6.01. The summed E-state index contributed by atoms with van der Waals surface area (Å²) in [7, 11) is 0. The van der Waals surface area contributed by atoms with Gasteiger partial charge in [-0.05, 0) is 55.8 Å². The van der Waals surface area contributed by atoms with Gasteiger partial charge in [0, 0.05) is 40.8 Å². The molecule has 4 rings (SSSR count). The van der Waals surface area contributed by atoms with Crippen LogP contribution in [0.1, 0.15) is 22.3 Å². The van der Waals surface area contributed by atoms with Gasteiger partial charge >= 0.3 is 0 Å². The van der Waals surface area contributed by atoms with Crippen molar-refractivity contribution in [3.05, 3.63) is 77.2 Å². The number of aryl methyl sites for hydroxylation is 1. The molecule has 0 aliphatic rings. The molecule has 158 valence electrons. The van der Waals surface area contributed by atoms with E-state index in [1.54, 1.807) is 12.3 Å². The first-order valence-electron chi connectivity index (χ1n) is 10.0. The Hall–Kier alpha value is -3.42. The van der Waals surface area contributed by atoms with Gasteiger partial charge < -0.3 is 16.4 Å². The van der Waals surface area contributed by atoms with Gasteiger partial charge in [-0.15, -0.1) is 0 Å². The van der Waals surface area contributed by atoms with Gasteiger partial charge in [0.1, 0.15) is 0 Å². The maximum atomic E-state index is 12.3. The molecule has 0 radical (unpaired) electrons. The van der Waals surface area contributed by atoms with E-state index < -0.39 is 0 Å². The third-order valence-corrected chi connectivity index (χ3v) is 5.22. The van der Waals surface area contributed by atoms with Gasteiger partial charge in [-0.3, -0.25) is 9.20 Å². The van der Waals surface area contributed by atoms with E-state index in [1.807, 2.05) is 60.1 Å². The number of nitrogens with zero attached hydrogens (tertiary/aromatic N) is 3. The number of hydrogen-bond acceptors (Lipinski definition) is 5. The van der Waals surface area contributed by atoms with Gasteiger partial charge in [0.15, 0.2) is 11.5 Å². The minimum Gasteiger partial charge on any atom is -0.352 e. The lowest BCUT2D eigenvalue weighted by molar-refractivity contribution is 0.0953. The Kier molecular flexibility index (Phi) is 6.16. The Labute approximate surface area is 185 Å². The van der Waals surface area contributed by atoms with Crippen molar-refractivity contribution < 1.29 is 4.79 Å². The number of carbonyl (C=O) groups excluding carboxylic acids is 1. The van der Waals surface area contributed by atoms with Crippen molar-refractivity contribution >= 4 is 34.7 Å². The van der Waals surface area contributed by atoms with Crippen molar-refractivity contribution in [1.82, 2.24) is 19.7 Å². The summed E-state index contributed by atoms with van der Waals surface area (Å²) < 4.78 is 1.98. The minimum absolute atomic E-state index is 0.0985. The van der Waals surface area contributed by atoms with E-state index in [4.69, 9.17) is 17.3 Å². The number of fused-ring (bicyclic) bond motifs is 1. The van der Waals surface area contributed by atoms with Crippen molar-refractivity contribution in [1.29, 1.82) is 0 Å². The lowest BCUT2D eigenvalue weighted by Crippen LogP contribution is -2.26. The van der Waals surface area contributed by atoms with Crippen LogP contribution in [0.15, 0.2) is 61.1 Å². The van der Waals surface area contributed by atoms with E-state index in [0.717, 1.165) is 28.9 Å².